The molecule has 148 valence electrons. The van der Waals surface area contributed by atoms with Gasteiger partial charge in [0.15, 0.2) is 0 Å². The smallest absolute Gasteiger partial charge is 0.307 e. The largest absolute Gasteiger partial charge is 0.491 e. The predicted octanol–water partition coefficient (Wildman–Crippen LogP) is 0.0579. The predicted molar refractivity (Wildman–Crippen MR) is 90.7 cm³/mol. The summed E-state index contributed by atoms with van der Waals surface area (Å²) in [5, 5.41) is 18.2. The van der Waals surface area contributed by atoms with Gasteiger partial charge in [-0.2, -0.15) is 0 Å². The Kier molecular flexibility index (Phi) is 12.3. The zero-order valence-corrected chi connectivity index (χ0v) is 15.0. The Balaban J connectivity index is 1.97. The van der Waals surface area contributed by atoms with Crippen LogP contribution in [0.25, 0.3) is 0 Å². The monoisotopic (exact) mass is 373 g/mol. The van der Waals surface area contributed by atoms with E-state index >= 15 is 0 Å². The molecule has 9 nitrogen and oxygen atoms in total. The number of nitrogens with zero attached hydrogens (tertiary/aromatic N) is 1. The molecule has 0 fully saturated rings. The van der Waals surface area contributed by atoms with Gasteiger partial charge in [-0.25, -0.2) is 0 Å². The number of rotatable bonds is 15. The van der Waals surface area contributed by atoms with E-state index in [1.807, 2.05) is 0 Å². The van der Waals surface area contributed by atoms with Crippen molar-refractivity contribution in [2.45, 2.75) is 19.6 Å². The summed E-state index contributed by atoms with van der Waals surface area (Å²) in [5.41, 5.74) is 0.879. The first-order chi connectivity index (χ1) is 12.7. The zero-order valence-electron chi connectivity index (χ0n) is 15.0. The van der Waals surface area contributed by atoms with Gasteiger partial charge in [0, 0.05) is 12.1 Å². The number of hydrogen-bond donors (Lipinski definition) is 2. The summed E-state index contributed by atoms with van der Waals surface area (Å²) < 4.78 is 25.9. The summed E-state index contributed by atoms with van der Waals surface area (Å²) in [7, 11) is 1.34. The van der Waals surface area contributed by atoms with E-state index in [0.717, 1.165) is 0 Å². The van der Waals surface area contributed by atoms with Crippen LogP contribution in [0.5, 0.6) is 5.75 Å². The number of aromatic nitrogens is 1. The minimum absolute atomic E-state index is 0.218. The molecule has 1 aromatic heterocycles. The van der Waals surface area contributed by atoms with Crippen molar-refractivity contribution < 1.29 is 38.7 Å². The molecule has 1 rings (SSSR count). The summed E-state index contributed by atoms with van der Waals surface area (Å²) in [6, 6.07) is 3.23. The van der Waals surface area contributed by atoms with Crippen molar-refractivity contribution in [1.29, 1.82) is 0 Å². The lowest BCUT2D eigenvalue weighted by Gasteiger charge is -2.10. The molecule has 0 bridgehead atoms. The van der Waals surface area contributed by atoms with Crippen molar-refractivity contribution in [3.8, 4) is 5.75 Å². The molecule has 1 heterocycles. The molecule has 2 N–H and O–H groups in total. The molecule has 0 aliphatic carbocycles. The van der Waals surface area contributed by atoms with E-state index in [4.69, 9.17) is 29.2 Å². The number of ether oxygens (including phenoxy) is 5. The molecule has 0 unspecified atom stereocenters. The Labute approximate surface area is 152 Å². The van der Waals surface area contributed by atoms with E-state index in [0.29, 0.717) is 63.4 Å². The Morgan fingerprint density at radius 1 is 0.885 bits per heavy atom. The van der Waals surface area contributed by atoms with Crippen LogP contribution in [0, 0.1) is 0 Å². The average molecular weight is 373 g/mol. The molecule has 0 saturated heterocycles. The number of hydrogen-bond acceptors (Lipinski definition) is 9. The summed E-state index contributed by atoms with van der Waals surface area (Å²) >= 11 is 0. The molecule has 0 aliphatic rings. The van der Waals surface area contributed by atoms with Gasteiger partial charge in [-0.05, 0) is 0 Å². The fraction of sp³-hybridized carbons (Fsp3) is 0.647. The zero-order chi connectivity index (χ0) is 19.0. The van der Waals surface area contributed by atoms with Crippen LogP contribution in [-0.2, 0) is 37.0 Å². The number of esters is 1. The molecule has 0 aromatic carbocycles. The standard InChI is InChI=1S/C17H27NO8/c1-22-17(21)2-3-23-4-5-24-6-7-25-8-9-26-16-10-14(12-19)18-15(11-16)13-20/h10-11,19-20H,2-9,12-13H2,1H3. The number of carbonyl (C=O) groups excluding carboxylic acids is 1. The van der Waals surface area contributed by atoms with E-state index in [1.54, 1.807) is 12.1 Å². The van der Waals surface area contributed by atoms with E-state index in [-0.39, 0.29) is 25.6 Å². The summed E-state index contributed by atoms with van der Waals surface area (Å²) in [5.74, 6) is 0.227. The molecule has 0 radical (unpaired) electrons. The molecule has 1 aromatic rings. The second-order valence-corrected chi connectivity index (χ2v) is 5.11. The first-order valence-electron chi connectivity index (χ1n) is 8.34. The second kappa shape index (κ2) is 14.4. The molecule has 26 heavy (non-hydrogen) atoms. The maximum absolute atomic E-state index is 10.8. The normalized spacial score (nSPS) is 10.7. The summed E-state index contributed by atoms with van der Waals surface area (Å²) in [6.45, 7) is 2.27. The lowest BCUT2D eigenvalue weighted by Crippen LogP contribution is -2.13. The van der Waals surface area contributed by atoms with Gasteiger partial charge in [0.25, 0.3) is 0 Å². The van der Waals surface area contributed by atoms with Crippen molar-refractivity contribution >= 4 is 5.97 Å². The third kappa shape index (κ3) is 10.3. The van der Waals surface area contributed by atoms with Crippen LogP contribution in [0.1, 0.15) is 17.8 Å². The first-order valence-corrected chi connectivity index (χ1v) is 8.34. The van der Waals surface area contributed by atoms with Gasteiger partial charge in [-0.1, -0.05) is 0 Å². The van der Waals surface area contributed by atoms with Gasteiger partial charge in [-0.3, -0.25) is 9.78 Å². The van der Waals surface area contributed by atoms with Crippen LogP contribution >= 0.6 is 0 Å². The van der Waals surface area contributed by atoms with E-state index in [2.05, 4.69) is 9.72 Å². The molecule has 0 spiro atoms. The van der Waals surface area contributed by atoms with Gasteiger partial charge < -0.3 is 33.9 Å². The Bertz CT molecular complexity index is 489. The fourth-order valence-corrected chi connectivity index (χ4v) is 1.88. The van der Waals surface area contributed by atoms with E-state index in [1.165, 1.54) is 7.11 Å². The van der Waals surface area contributed by atoms with Crippen molar-refractivity contribution in [2.75, 3.05) is 53.4 Å². The highest BCUT2D eigenvalue weighted by Gasteiger charge is 2.03. The number of aliphatic hydroxyl groups is 2. The van der Waals surface area contributed by atoms with Crippen LogP contribution < -0.4 is 4.74 Å². The van der Waals surface area contributed by atoms with Crippen LogP contribution in [0.15, 0.2) is 12.1 Å². The van der Waals surface area contributed by atoms with Crippen molar-refractivity contribution in [3.05, 3.63) is 23.5 Å². The minimum atomic E-state index is -0.298. The quantitative estimate of drug-likeness (QED) is 0.325. The minimum Gasteiger partial charge on any atom is -0.491 e. The highest BCUT2D eigenvalue weighted by Crippen LogP contribution is 2.14. The number of aliphatic hydroxyl groups excluding tert-OH is 2. The lowest BCUT2D eigenvalue weighted by atomic mass is 10.3. The maximum Gasteiger partial charge on any atom is 0.307 e. The highest BCUT2D eigenvalue weighted by atomic mass is 16.6. The average Bonchev–Trinajstić information content (AvgIpc) is 2.68. The van der Waals surface area contributed by atoms with Crippen molar-refractivity contribution in [1.82, 2.24) is 4.98 Å². The molecular formula is C17H27NO8. The second-order valence-electron chi connectivity index (χ2n) is 5.11. The van der Waals surface area contributed by atoms with Gasteiger partial charge in [0.05, 0.1) is 77.8 Å². The summed E-state index contributed by atoms with van der Waals surface area (Å²) in [6.07, 6.45) is 0.233. The van der Waals surface area contributed by atoms with Crippen molar-refractivity contribution in [3.63, 3.8) is 0 Å². The van der Waals surface area contributed by atoms with Crippen LogP contribution in [-0.4, -0.2) is 74.5 Å². The molecule has 0 amide bonds. The van der Waals surface area contributed by atoms with E-state index in [9.17, 15) is 4.79 Å². The Hall–Kier alpha value is -1.78. The highest BCUT2D eigenvalue weighted by molar-refractivity contribution is 5.69. The van der Waals surface area contributed by atoms with Gasteiger partial charge >= 0.3 is 5.97 Å². The van der Waals surface area contributed by atoms with Gasteiger partial charge in [-0.15, -0.1) is 0 Å². The molecule has 0 atom stereocenters. The number of pyridine rings is 1. The molecule has 0 saturated carbocycles. The summed E-state index contributed by atoms with van der Waals surface area (Å²) in [4.78, 5) is 14.9. The molecular weight excluding hydrogens is 346 g/mol. The molecule has 9 heteroatoms. The van der Waals surface area contributed by atoms with Crippen LogP contribution in [0.3, 0.4) is 0 Å². The van der Waals surface area contributed by atoms with Crippen LogP contribution in [0.2, 0.25) is 0 Å². The SMILES string of the molecule is COC(=O)CCOCCOCCOCCOc1cc(CO)nc(CO)c1. The fourth-order valence-electron chi connectivity index (χ4n) is 1.88. The Morgan fingerprint density at radius 3 is 1.88 bits per heavy atom. The third-order valence-electron chi connectivity index (χ3n) is 3.15. The third-order valence-corrected chi connectivity index (χ3v) is 3.15. The van der Waals surface area contributed by atoms with Gasteiger partial charge in [0.2, 0.25) is 0 Å². The van der Waals surface area contributed by atoms with Crippen LogP contribution in [0.4, 0.5) is 0 Å². The Morgan fingerprint density at radius 2 is 1.38 bits per heavy atom. The lowest BCUT2D eigenvalue weighted by molar-refractivity contribution is -0.141. The maximum atomic E-state index is 10.8. The first kappa shape index (κ1) is 22.3. The van der Waals surface area contributed by atoms with E-state index < -0.39 is 0 Å². The van der Waals surface area contributed by atoms with Gasteiger partial charge in [0.1, 0.15) is 12.4 Å². The number of carbonyl (C=O) groups is 1. The molecule has 0 aliphatic heterocycles. The topological polar surface area (TPSA) is 117 Å². The van der Waals surface area contributed by atoms with Crippen molar-refractivity contribution in [2.24, 2.45) is 0 Å². The number of methoxy groups -OCH3 is 1.